The Balaban J connectivity index is 1.43. The average molecular weight is 494 g/mol. The summed E-state index contributed by atoms with van der Waals surface area (Å²) in [7, 11) is 0. The van der Waals surface area contributed by atoms with Crippen LogP contribution in [0.1, 0.15) is 30.4 Å². The van der Waals surface area contributed by atoms with Crippen LogP contribution in [-0.2, 0) is 0 Å². The Labute approximate surface area is 210 Å². The lowest BCUT2D eigenvalue weighted by Gasteiger charge is -2.10. The molecule has 6 rings (SSSR count). The summed E-state index contributed by atoms with van der Waals surface area (Å²) in [5.41, 5.74) is 7.66. The second kappa shape index (κ2) is 8.69. The molecule has 8 nitrogen and oxygen atoms in total. The maximum absolute atomic E-state index is 11.8. The zero-order valence-corrected chi connectivity index (χ0v) is 20.8. The number of hydrogen-bond acceptors (Lipinski definition) is 7. The molecule has 0 aliphatic heterocycles. The summed E-state index contributed by atoms with van der Waals surface area (Å²) < 4.78 is 0. The Morgan fingerprint density at radius 1 is 1.03 bits per heavy atom. The van der Waals surface area contributed by atoms with Gasteiger partial charge in [0.1, 0.15) is 11.2 Å². The van der Waals surface area contributed by atoms with Crippen molar-refractivity contribution in [3.8, 4) is 33.2 Å². The van der Waals surface area contributed by atoms with E-state index in [0.717, 1.165) is 65.7 Å². The van der Waals surface area contributed by atoms with E-state index < -0.39 is 0 Å². The van der Waals surface area contributed by atoms with Crippen LogP contribution in [0.5, 0.6) is 0 Å². The molecule has 0 bridgehead atoms. The molecular weight excluding hydrogens is 470 g/mol. The number of rotatable bonds is 6. The summed E-state index contributed by atoms with van der Waals surface area (Å²) in [6.07, 6.45) is 5.40. The first-order valence-electron chi connectivity index (χ1n) is 11.6. The summed E-state index contributed by atoms with van der Waals surface area (Å²) in [5, 5.41) is 12.0. The van der Waals surface area contributed by atoms with Crippen LogP contribution in [0.25, 0.3) is 55.2 Å². The smallest absolute Gasteiger partial charge is 0.169 e. The molecule has 36 heavy (non-hydrogen) atoms. The van der Waals surface area contributed by atoms with E-state index in [2.05, 4.69) is 50.4 Å². The van der Waals surface area contributed by atoms with Crippen molar-refractivity contribution in [2.45, 2.75) is 26.8 Å². The molecule has 0 spiro atoms. The van der Waals surface area contributed by atoms with Crippen molar-refractivity contribution in [3.05, 3.63) is 65.9 Å². The van der Waals surface area contributed by atoms with Crippen molar-refractivity contribution in [2.24, 2.45) is 0 Å². The summed E-state index contributed by atoms with van der Waals surface area (Å²) >= 11 is 1.45. The Morgan fingerprint density at radius 2 is 1.92 bits per heavy atom. The fourth-order valence-electron chi connectivity index (χ4n) is 4.27. The zero-order chi connectivity index (χ0) is 24.8. The van der Waals surface area contributed by atoms with Crippen LogP contribution >= 0.6 is 11.3 Å². The predicted molar refractivity (Wildman–Crippen MR) is 144 cm³/mol. The summed E-state index contributed by atoms with van der Waals surface area (Å²) in [6.45, 7) is 5.77. The number of anilines is 1. The monoisotopic (exact) mass is 493 g/mol. The number of fused-ring (bicyclic) bond motifs is 2. The quantitative estimate of drug-likeness (QED) is 0.234. The van der Waals surface area contributed by atoms with Gasteiger partial charge in [-0.25, -0.2) is 4.98 Å². The van der Waals surface area contributed by atoms with Gasteiger partial charge in [0.25, 0.3) is 0 Å². The van der Waals surface area contributed by atoms with E-state index in [4.69, 9.17) is 4.98 Å². The molecule has 0 fully saturated rings. The molecule has 0 atom stereocenters. The van der Waals surface area contributed by atoms with Gasteiger partial charge in [0, 0.05) is 41.1 Å². The normalized spacial score (nSPS) is 11.6. The number of aromatic amines is 2. The van der Waals surface area contributed by atoms with Gasteiger partial charge in [0.2, 0.25) is 0 Å². The van der Waals surface area contributed by atoms with Gasteiger partial charge in [-0.15, -0.1) is 11.3 Å². The number of Topliss-reactive ketones (excluding diaryl/α,β-unsaturated/α-hetero) is 1. The number of nitrogens with one attached hydrogen (secondary N) is 3. The van der Waals surface area contributed by atoms with Crippen molar-refractivity contribution in [1.29, 1.82) is 0 Å². The second-order valence-electron chi connectivity index (χ2n) is 8.95. The third-order valence-electron chi connectivity index (χ3n) is 5.89. The lowest BCUT2D eigenvalue weighted by Crippen LogP contribution is -2.09. The molecule has 0 aromatic carbocycles. The van der Waals surface area contributed by atoms with Gasteiger partial charge in [-0.05, 0) is 63.2 Å². The molecule has 178 valence electrons. The highest BCUT2D eigenvalue weighted by Crippen LogP contribution is 2.35. The number of carbonyl (C=O) groups excluding carboxylic acids is 1. The van der Waals surface area contributed by atoms with Crippen LogP contribution in [-0.4, -0.2) is 42.0 Å². The highest BCUT2D eigenvalue weighted by molar-refractivity contribution is 7.17. The lowest BCUT2D eigenvalue weighted by molar-refractivity contribution is 0.102. The topological polar surface area (TPSA) is 112 Å². The number of thiophene rings is 1. The Hall–Kier alpha value is -4.37. The van der Waals surface area contributed by atoms with Gasteiger partial charge in [-0.3, -0.25) is 19.9 Å². The standard InChI is InChI=1S/C27H23N7OS/c1-14(2)30-17-10-16(12-28-13-17)19-4-5-21-26(32-19)27(34-33-21)22-11-18-20(31-22)8-9-29-25(18)24-7-6-23(36-24)15(3)35/h4-14,30-31H,1-3H3,(H,33,34). The van der Waals surface area contributed by atoms with Gasteiger partial charge in [0.05, 0.1) is 38.0 Å². The van der Waals surface area contributed by atoms with E-state index in [1.165, 1.54) is 11.3 Å². The number of ketones is 1. The van der Waals surface area contributed by atoms with E-state index in [0.29, 0.717) is 6.04 Å². The minimum atomic E-state index is 0.0544. The molecule has 0 unspecified atom stereocenters. The molecule has 0 radical (unpaired) electrons. The third kappa shape index (κ3) is 3.93. The van der Waals surface area contributed by atoms with Crippen molar-refractivity contribution < 1.29 is 4.79 Å². The van der Waals surface area contributed by atoms with E-state index in [1.54, 1.807) is 13.1 Å². The maximum atomic E-state index is 11.8. The average Bonchev–Trinajstić information content (AvgIpc) is 3.60. The van der Waals surface area contributed by atoms with Crippen molar-refractivity contribution in [3.63, 3.8) is 0 Å². The minimum Gasteiger partial charge on any atom is -0.382 e. The van der Waals surface area contributed by atoms with Crippen molar-refractivity contribution in [2.75, 3.05) is 5.32 Å². The zero-order valence-electron chi connectivity index (χ0n) is 20.0. The molecule has 6 heterocycles. The lowest BCUT2D eigenvalue weighted by atomic mass is 10.1. The molecule has 0 amide bonds. The van der Waals surface area contributed by atoms with E-state index >= 15 is 0 Å². The molecule has 3 N–H and O–H groups in total. The highest BCUT2D eigenvalue weighted by atomic mass is 32.1. The van der Waals surface area contributed by atoms with Gasteiger partial charge in [-0.1, -0.05) is 0 Å². The SMILES string of the molecule is CC(=O)c1ccc(-c2nccc3[nH]c(-c4n[nH]c5ccc(-c6cncc(NC(C)C)c6)nc45)cc23)s1. The van der Waals surface area contributed by atoms with E-state index in [9.17, 15) is 4.79 Å². The first-order valence-corrected chi connectivity index (χ1v) is 12.4. The fraction of sp³-hybridized carbons (Fsp3) is 0.148. The molecule has 9 heteroatoms. The number of aromatic nitrogens is 6. The molecule has 0 aliphatic rings. The summed E-state index contributed by atoms with van der Waals surface area (Å²) in [5.74, 6) is 0.0544. The van der Waals surface area contributed by atoms with Crippen LogP contribution in [0, 0.1) is 0 Å². The third-order valence-corrected chi connectivity index (χ3v) is 7.08. The first-order chi connectivity index (χ1) is 17.5. The van der Waals surface area contributed by atoms with E-state index in [-0.39, 0.29) is 5.78 Å². The molecule has 0 saturated carbocycles. The van der Waals surface area contributed by atoms with Gasteiger partial charge in [0.15, 0.2) is 5.78 Å². The summed E-state index contributed by atoms with van der Waals surface area (Å²) in [6, 6.07) is 14.1. The van der Waals surface area contributed by atoms with Crippen LogP contribution in [0.4, 0.5) is 5.69 Å². The number of hydrogen-bond donors (Lipinski definition) is 3. The molecule has 0 aliphatic carbocycles. The number of nitrogens with zero attached hydrogens (tertiary/aromatic N) is 4. The molecular formula is C27H23N7OS. The number of pyridine rings is 3. The largest absolute Gasteiger partial charge is 0.382 e. The van der Waals surface area contributed by atoms with Crippen LogP contribution in [0.2, 0.25) is 0 Å². The Kier molecular flexibility index (Phi) is 5.34. The summed E-state index contributed by atoms with van der Waals surface area (Å²) in [4.78, 5) is 30.9. The first kappa shape index (κ1) is 22.1. The van der Waals surface area contributed by atoms with E-state index in [1.807, 2.05) is 48.8 Å². The predicted octanol–water partition coefficient (Wildman–Crippen LogP) is 6.31. The van der Waals surface area contributed by atoms with Gasteiger partial charge in [-0.2, -0.15) is 5.10 Å². The maximum Gasteiger partial charge on any atom is 0.169 e. The molecule has 6 aromatic rings. The van der Waals surface area contributed by atoms with Gasteiger partial charge >= 0.3 is 0 Å². The van der Waals surface area contributed by atoms with Crippen LogP contribution in [0.3, 0.4) is 0 Å². The highest BCUT2D eigenvalue weighted by Gasteiger charge is 2.17. The Morgan fingerprint density at radius 3 is 2.72 bits per heavy atom. The van der Waals surface area contributed by atoms with Crippen molar-refractivity contribution >= 4 is 44.7 Å². The molecule has 0 saturated heterocycles. The van der Waals surface area contributed by atoms with Crippen LogP contribution < -0.4 is 5.32 Å². The van der Waals surface area contributed by atoms with Crippen LogP contribution in [0.15, 0.2) is 61.1 Å². The van der Waals surface area contributed by atoms with Crippen molar-refractivity contribution in [1.82, 2.24) is 30.1 Å². The van der Waals surface area contributed by atoms with Gasteiger partial charge < -0.3 is 10.3 Å². The Bertz CT molecular complexity index is 1740. The number of H-pyrrole nitrogens is 2. The fourth-order valence-corrected chi connectivity index (χ4v) is 5.18. The molecule has 6 aromatic heterocycles. The second-order valence-corrected chi connectivity index (χ2v) is 10.0. The minimum absolute atomic E-state index is 0.0544. The number of carbonyl (C=O) groups is 1.